The molecule has 4 aromatic rings. The van der Waals surface area contributed by atoms with Gasteiger partial charge in [-0.2, -0.15) is 15.2 Å². The van der Waals surface area contributed by atoms with Crippen LogP contribution in [0.4, 0.5) is 8.78 Å². The fourth-order valence-electron chi connectivity index (χ4n) is 3.80. The van der Waals surface area contributed by atoms with E-state index in [2.05, 4.69) is 15.2 Å². The molecule has 1 unspecified atom stereocenters. The summed E-state index contributed by atoms with van der Waals surface area (Å²) in [6.45, 7) is 2.40. The highest BCUT2D eigenvalue weighted by atomic mass is 32.2. The summed E-state index contributed by atoms with van der Waals surface area (Å²) in [6, 6.07) is 1.79. The molecule has 1 aliphatic heterocycles. The molecule has 1 aliphatic rings. The van der Waals surface area contributed by atoms with Crippen LogP contribution in [-0.4, -0.2) is 57.9 Å². The Hall–Kier alpha value is -3.38. The summed E-state index contributed by atoms with van der Waals surface area (Å²) in [7, 11) is -1.99. The zero-order chi connectivity index (χ0) is 24.0. The maximum atomic E-state index is 14.8. The van der Waals surface area contributed by atoms with Crippen molar-refractivity contribution in [3.63, 3.8) is 0 Å². The summed E-state index contributed by atoms with van der Waals surface area (Å²) < 4.78 is 68.5. The van der Waals surface area contributed by atoms with Crippen molar-refractivity contribution in [3.8, 4) is 28.1 Å². The molecule has 34 heavy (non-hydrogen) atoms. The number of hydrogen-bond donors (Lipinski definition) is 0. The molecule has 1 fully saturated rings. The summed E-state index contributed by atoms with van der Waals surface area (Å²) in [4.78, 5) is 4.28. The molecule has 1 saturated heterocycles. The second kappa shape index (κ2) is 8.44. The molecule has 4 heterocycles. The van der Waals surface area contributed by atoms with Gasteiger partial charge in [0.15, 0.2) is 27.1 Å². The molecule has 178 valence electrons. The van der Waals surface area contributed by atoms with Crippen molar-refractivity contribution in [3.05, 3.63) is 48.6 Å². The fraction of sp³-hybridized carbons (Fsp3) is 0.318. The third-order valence-corrected chi connectivity index (χ3v) is 7.39. The van der Waals surface area contributed by atoms with Crippen LogP contribution in [0.3, 0.4) is 0 Å². The van der Waals surface area contributed by atoms with Gasteiger partial charge in [-0.15, -0.1) is 0 Å². The molecule has 0 saturated carbocycles. The predicted octanol–water partition coefficient (Wildman–Crippen LogP) is 3.04. The number of aryl methyl sites for hydroxylation is 1. The first kappa shape index (κ1) is 22.4. The smallest absolute Gasteiger partial charge is 0.225 e. The molecule has 12 heteroatoms. The Kier molecular flexibility index (Phi) is 5.56. The van der Waals surface area contributed by atoms with E-state index in [-0.39, 0.29) is 39.4 Å². The first-order valence-electron chi connectivity index (χ1n) is 10.6. The lowest BCUT2D eigenvalue weighted by molar-refractivity contribution is 0.138. The number of halogens is 2. The second-order valence-electron chi connectivity index (χ2n) is 7.96. The quantitative estimate of drug-likeness (QED) is 0.384. The highest BCUT2D eigenvalue weighted by molar-refractivity contribution is 7.91. The van der Waals surface area contributed by atoms with Gasteiger partial charge in [0.2, 0.25) is 5.88 Å². The zero-order valence-corrected chi connectivity index (χ0v) is 19.2. The largest absolute Gasteiger partial charge is 0.471 e. The second-order valence-corrected chi connectivity index (χ2v) is 10.2. The highest BCUT2D eigenvalue weighted by Crippen LogP contribution is 2.35. The van der Waals surface area contributed by atoms with Crippen LogP contribution >= 0.6 is 0 Å². The Morgan fingerprint density at radius 1 is 1.15 bits per heavy atom. The normalized spacial score (nSPS) is 16.4. The summed E-state index contributed by atoms with van der Waals surface area (Å²) in [5, 5.41) is 8.44. The van der Waals surface area contributed by atoms with Crippen molar-refractivity contribution in [1.82, 2.24) is 24.4 Å². The van der Waals surface area contributed by atoms with E-state index in [4.69, 9.17) is 9.47 Å². The van der Waals surface area contributed by atoms with E-state index in [1.165, 1.54) is 17.6 Å². The van der Waals surface area contributed by atoms with E-state index in [1.54, 1.807) is 30.3 Å². The van der Waals surface area contributed by atoms with E-state index >= 15 is 0 Å². The minimum absolute atomic E-state index is 0.134. The molecule has 0 amide bonds. The minimum atomic E-state index is -3.77. The first-order valence-corrected chi connectivity index (χ1v) is 12.3. The molecule has 5 rings (SSSR count). The SMILES string of the molecule is CCS(=O)(=O)c1cc(F)c(F)c(-c2cnn3cc(-c4cnn(C)c4)c(OC4CCOC4)nc23)c1. The molecule has 0 spiro atoms. The third kappa shape index (κ3) is 3.92. The van der Waals surface area contributed by atoms with Gasteiger partial charge in [-0.1, -0.05) is 6.92 Å². The monoisotopic (exact) mass is 489 g/mol. The van der Waals surface area contributed by atoms with Gasteiger partial charge < -0.3 is 9.47 Å². The topological polar surface area (TPSA) is 101 Å². The minimum Gasteiger partial charge on any atom is -0.471 e. The van der Waals surface area contributed by atoms with Crippen LogP contribution in [0.15, 0.2) is 41.8 Å². The number of ether oxygens (including phenoxy) is 2. The molecule has 1 atom stereocenters. The molecule has 9 nitrogen and oxygen atoms in total. The van der Waals surface area contributed by atoms with Gasteiger partial charge in [0.25, 0.3) is 0 Å². The van der Waals surface area contributed by atoms with Crippen LogP contribution in [0.2, 0.25) is 0 Å². The molecular formula is C22H21F2N5O4S. The zero-order valence-electron chi connectivity index (χ0n) is 18.4. The van der Waals surface area contributed by atoms with Crippen molar-refractivity contribution in [2.24, 2.45) is 7.05 Å². The van der Waals surface area contributed by atoms with Crippen LogP contribution in [-0.2, 0) is 21.6 Å². The van der Waals surface area contributed by atoms with Crippen molar-refractivity contribution >= 4 is 15.5 Å². The summed E-state index contributed by atoms with van der Waals surface area (Å²) in [5.41, 5.74) is 1.41. The number of nitrogens with zero attached hydrogens (tertiary/aromatic N) is 5. The Morgan fingerprint density at radius 2 is 1.97 bits per heavy atom. The molecule has 0 bridgehead atoms. The molecule has 0 N–H and O–H groups in total. The number of fused-ring (bicyclic) bond motifs is 1. The van der Waals surface area contributed by atoms with Gasteiger partial charge in [-0.3, -0.25) is 4.68 Å². The number of rotatable bonds is 6. The van der Waals surface area contributed by atoms with Crippen LogP contribution in [0.5, 0.6) is 5.88 Å². The van der Waals surface area contributed by atoms with Gasteiger partial charge in [-0.25, -0.2) is 21.7 Å². The van der Waals surface area contributed by atoms with Crippen molar-refractivity contribution < 1.29 is 26.7 Å². The van der Waals surface area contributed by atoms with Gasteiger partial charge in [0.05, 0.1) is 41.8 Å². The Balaban J connectivity index is 1.70. The fourth-order valence-corrected chi connectivity index (χ4v) is 4.72. The third-order valence-electron chi connectivity index (χ3n) is 5.67. The molecule has 1 aromatic carbocycles. The van der Waals surface area contributed by atoms with E-state index in [0.29, 0.717) is 31.3 Å². The predicted molar refractivity (Wildman–Crippen MR) is 118 cm³/mol. The lowest BCUT2D eigenvalue weighted by Crippen LogP contribution is -2.17. The van der Waals surface area contributed by atoms with Gasteiger partial charge in [0.1, 0.15) is 6.10 Å². The first-order chi connectivity index (χ1) is 16.3. The average molecular weight is 490 g/mol. The van der Waals surface area contributed by atoms with E-state index in [1.807, 2.05) is 0 Å². The van der Waals surface area contributed by atoms with Crippen LogP contribution < -0.4 is 4.74 Å². The molecule has 0 radical (unpaired) electrons. The van der Waals surface area contributed by atoms with Crippen LogP contribution in [0.1, 0.15) is 13.3 Å². The lowest BCUT2D eigenvalue weighted by Gasteiger charge is -2.15. The average Bonchev–Trinajstić information content (AvgIpc) is 3.56. The number of hydrogen-bond acceptors (Lipinski definition) is 7. The number of sulfone groups is 1. The van der Waals surface area contributed by atoms with Crippen molar-refractivity contribution in [1.29, 1.82) is 0 Å². The summed E-state index contributed by atoms with van der Waals surface area (Å²) in [6.07, 6.45) is 6.89. The van der Waals surface area contributed by atoms with Gasteiger partial charge in [0, 0.05) is 42.6 Å². The molecule has 3 aromatic heterocycles. The van der Waals surface area contributed by atoms with Crippen LogP contribution in [0, 0.1) is 11.6 Å². The van der Waals surface area contributed by atoms with E-state index in [0.717, 1.165) is 11.6 Å². The van der Waals surface area contributed by atoms with E-state index < -0.39 is 21.5 Å². The molecular weight excluding hydrogens is 468 g/mol. The Morgan fingerprint density at radius 3 is 2.65 bits per heavy atom. The Bertz CT molecular complexity index is 1490. The summed E-state index contributed by atoms with van der Waals surface area (Å²) in [5.74, 6) is -2.44. The Labute approximate surface area is 193 Å². The highest BCUT2D eigenvalue weighted by Gasteiger charge is 2.25. The van der Waals surface area contributed by atoms with Gasteiger partial charge >= 0.3 is 0 Å². The number of aromatic nitrogens is 5. The van der Waals surface area contributed by atoms with Gasteiger partial charge in [-0.05, 0) is 12.1 Å². The van der Waals surface area contributed by atoms with E-state index in [9.17, 15) is 17.2 Å². The van der Waals surface area contributed by atoms with Crippen molar-refractivity contribution in [2.45, 2.75) is 24.3 Å². The standard InChI is InChI=1S/C22H21F2N5O4S/c1-3-34(30,31)15-6-16(20(24)19(23)7-15)17-9-26-29-11-18(13-8-25-28(2)10-13)22(27-21(17)29)33-14-4-5-32-12-14/h6-11,14H,3-5,12H2,1-2H3. The van der Waals surface area contributed by atoms with Crippen LogP contribution in [0.25, 0.3) is 27.9 Å². The summed E-state index contributed by atoms with van der Waals surface area (Å²) >= 11 is 0. The molecule has 0 aliphatic carbocycles. The lowest BCUT2D eigenvalue weighted by atomic mass is 10.1. The number of benzene rings is 1. The maximum Gasteiger partial charge on any atom is 0.225 e. The van der Waals surface area contributed by atoms with Crippen molar-refractivity contribution in [2.75, 3.05) is 19.0 Å². The maximum absolute atomic E-state index is 14.8.